The van der Waals surface area contributed by atoms with E-state index in [9.17, 15) is 20.3 Å². The molecule has 4 atom stereocenters. The van der Waals surface area contributed by atoms with Crippen LogP contribution in [-0.2, 0) is 4.74 Å². The van der Waals surface area contributed by atoms with Crippen LogP contribution in [0.2, 0.25) is 0 Å². The Hall–Kier alpha value is -3.63. The zero-order valence-electron chi connectivity index (χ0n) is 17.8. The molecule has 33 heavy (non-hydrogen) atoms. The summed E-state index contributed by atoms with van der Waals surface area (Å²) in [5.41, 5.74) is 7.18. The zero-order valence-corrected chi connectivity index (χ0v) is 17.8. The highest BCUT2D eigenvalue weighted by Crippen LogP contribution is 2.33. The Labute approximate surface area is 188 Å². The summed E-state index contributed by atoms with van der Waals surface area (Å²) in [6.45, 7) is 1.65. The van der Waals surface area contributed by atoms with Crippen molar-refractivity contribution in [2.45, 2.75) is 37.8 Å². The van der Waals surface area contributed by atoms with Crippen LogP contribution in [0.5, 0.6) is 0 Å². The van der Waals surface area contributed by atoms with Crippen molar-refractivity contribution in [3.63, 3.8) is 0 Å². The topological polar surface area (TPSA) is 174 Å². The fourth-order valence-electron chi connectivity index (χ4n) is 3.80. The van der Waals surface area contributed by atoms with Crippen LogP contribution in [0.3, 0.4) is 0 Å². The molecule has 2 aromatic heterocycles. The van der Waals surface area contributed by atoms with Gasteiger partial charge in [-0.2, -0.15) is 0 Å². The van der Waals surface area contributed by atoms with Crippen molar-refractivity contribution >= 4 is 22.7 Å². The van der Waals surface area contributed by atoms with Gasteiger partial charge in [-0.3, -0.25) is 14.7 Å². The summed E-state index contributed by atoms with van der Waals surface area (Å²) in [5.74, 6) is 5.88. The molecule has 12 nitrogen and oxygen atoms in total. The predicted octanol–water partition coefficient (Wildman–Crippen LogP) is 0.859. The molecule has 1 unspecified atom stereocenters. The van der Waals surface area contributed by atoms with E-state index in [4.69, 9.17) is 10.5 Å². The Balaban J connectivity index is 1.62. The number of hydrogen-bond donors (Lipinski definition) is 4. The zero-order chi connectivity index (χ0) is 23.5. The number of hydrogen-bond acceptors (Lipinski definition) is 10. The lowest BCUT2D eigenvalue weighted by molar-refractivity contribution is -0.385. The number of nitrogens with two attached hydrogens (primary N) is 1. The lowest BCUT2D eigenvalue weighted by atomic mass is 10.0. The Morgan fingerprint density at radius 2 is 2.24 bits per heavy atom. The summed E-state index contributed by atoms with van der Waals surface area (Å²) in [4.78, 5) is 24.1. The first-order valence-electron chi connectivity index (χ1n) is 10.3. The van der Waals surface area contributed by atoms with Crippen LogP contribution in [0.1, 0.15) is 36.7 Å². The van der Waals surface area contributed by atoms with E-state index < -0.39 is 29.4 Å². The fraction of sp³-hybridized carbons (Fsp3) is 0.381. The Morgan fingerprint density at radius 1 is 1.42 bits per heavy atom. The largest absolute Gasteiger partial charge is 0.394 e. The fourth-order valence-corrected chi connectivity index (χ4v) is 3.80. The van der Waals surface area contributed by atoms with Gasteiger partial charge in [0.25, 0.3) is 5.69 Å². The molecular formula is C21H23N7O5. The number of imidazole rings is 1. The van der Waals surface area contributed by atoms with Crippen LogP contribution in [0.15, 0.2) is 30.9 Å². The molecule has 0 radical (unpaired) electrons. The standard InChI is InChI=1S/C21H23N7O5/c1-12(14-5-4-13(3-2-6-22)7-15(14)28(31)32)26-20-19-21(24-10-23-20)27(11-25-19)18-8-16(30)17(9-29)33-18/h4-5,7,10-12,16-18,29-30H,6,8-9,22H2,1H3,(H,23,24,26)/t12?,16-,17+,18+/m0/s1. The van der Waals surface area contributed by atoms with Crippen LogP contribution in [0.4, 0.5) is 11.5 Å². The van der Waals surface area contributed by atoms with Gasteiger partial charge in [0.2, 0.25) is 0 Å². The summed E-state index contributed by atoms with van der Waals surface area (Å²) in [6, 6.07) is 4.29. The van der Waals surface area contributed by atoms with Gasteiger partial charge in [0.05, 0.1) is 42.1 Å². The molecule has 3 heterocycles. The number of rotatable bonds is 6. The highest BCUT2D eigenvalue weighted by Gasteiger charge is 2.35. The second-order valence-electron chi connectivity index (χ2n) is 7.56. The van der Waals surface area contributed by atoms with E-state index in [0.717, 1.165) is 0 Å². The molecule has 12 heteroatoms. The summed E-state index contributed by atoms with van der Waals surface area (Å²) in [7, 11) is 0. The number of nitro groups is 1. The van der Waals surface area contributed by atoms with Gasteiger partial charge in [-0.05, 0) is 19.1 Å². The van der Waals surface area contributed by atoms with Crippen molar-refractivity contribution in [1.82, 2.24) is 19.5 Å². The van der Waals surface area contributed by atoms with Gasteiger partial charge in [-0.15, -0.1) is 0 Å². The Bertz CT molecular complexity index is 1230. The number of fused-ring (bicyclic) bond motifs is 1. The highest BCUT2D eigenvalue weighted by molar-refractivity contribution is 5.83. The smallest absolute Gasteiger partial charge is 0.275 e. The molecule has 0 saturated carbocycles. The molecule has 3 aromatic rings. The van der Waals surface area contributed by atoms with Crippen molar-refractivity contribution in [1.29, 1.82) is 0 Å². The van der Waals surface area contributed by atoms with E-state index in [1.807, 2.05) is 0 Å². The van der Waals surface area contributed by atoms with E-state index in [1.54, 1.807) is 23.6 Å². The Morgan fingerprint density at radius 3 is 2.94 bits per heavy atom. The van der Waals surface area contributed by atoms with E-state index in [-0.39, 0.29) is 25.3 Å². The van der Waals surface area contributed by atoms with E-state index in [1.165, 1.54) is 18.7 Å². The molecule has 5 N–H and O–H groups in total. The molecule has 4 rings (SSSR count). The predicted molar refractivity (Wildman–Crippen MR) is 118 cm³/mol. The van der Waals surface area contributed by atoms with E-state index >= 15 is 0 Å². The summed E-state index contributed by atoms with van der Waals surface area (Å²) in [6.07, 6.45) is 1.15. The van der Waals surface area contributed by atoms with Crippen molar-refractivity contribution in [3.05, 3.63) is 52.1 Å². The lowest BCUT2D eigenvalue weighted by Crippen LogP contribution is -2.24. The van der Waals surface area contributed by atoms with Crippen molar-refractivity contribution in [3.8, 4) is 11.8 Å². The number of anilines is 1. The summed E-state index contributed by atoms with van der Waals surface area (Å²) < 4.78 is 7.36. The number of aliphatic hydroxyl groups excluding tert-OH is 2. The summed E-state index contributed by atoms with van der Waals surface area (Å²) >= 11 is 0. The molecule has 0 bridgehead atoms. The van der Waals surface area contributed by atoms with Crippen molar-refractivity contribution in [2.75, 3.05) is 18.5 Å². The molecule has 0 spiro atoms. The Kier molecular flexibility index (Phi) is 6.47. The number of nitrogens with one attached hydrogen (secondary N) is 1. The molecule has 1 aliphatic rings. The molecule has 1 aromatic carbocycles. The van der Waals surface area contributed by atoms with Gasteiger partial charge >= 0.3 is 0 Å². The third-order valence-electron chi connectivity index (χ3n) is 5.43. The first kappa shape index (κ1) is 22.6. The summed E-state index contributed by atoms with van der Waals surface area (Å²) in [5, 5.41) is 34.2. The van der Waals surface area contributed by atoms with Crippen LogP contribution in [0.25, 0.3) is 11.2 Å². The van der Waals surface area contributed by atoms with Gasteiger partial charge < -0.3 is 26.0 Å². The molecule has 0 amide bonds. The number of aliphatic hydroxyl groups is 2. The van der Waals surface area contributed by atoms with Crippen molar-refractivity contribution in [2.24, 2.45) is 5.73 Å². The van der Waals surface area contributed by atoms with Crippen LogP contribution in [-0.4, -0.2) is 60.0 Å². The minimum absolute atomic E-state index is 0.0713. The van der Waals surface area contributed by atoms with E-state index in [0.29, 0.717) is 28.1 Å². The minimum atomic E-state index is -0.796. The highest BCUT2D eigenvalue weighted by atomic mass is 16.6. The quantitative estimate of drug-likeness (QED) is 0.238. The van der Waals surface area contributed by atoms with Gasteiger partial charge in [0.1, 0.15) is 18.7 Å². The maximum absolute atomic E-state index is 11.7. The average molecular weight is 453 g/mol. The van der Waals surface area contributed by atoms with Crippen LogP contribution in [0, 0.1) is 22.0 Å². The number of ether oxygens (including phenoxy) is 1. The molecule has 172 valence electrons. The minimum Gasteiger partial charge on any atom is -0.394 e. The second-order valence-corrected chi connectivity index (χ2v) is 7.56. The maximum Gasteiger partial charge on any atom is 0.275 e. The first-order chi connectivity index (χ1) is 15.9. The maximum atomic E-state index is 11.7. The molecule has 0 aliphatic carbocycles. The number of nitro benzene ring substituents is 1. The SMILES string of the molecule is CC(Nc1ncnc2c1ncn2[C@H]1C[C@H](O)[C@@H](CO)O1)c1ccc(C#CCN)cc1[N+](=O)[O-]. The number of aromatic nitrogens is 4. The molecular weight excluding hydrogens is 430 g/mol. The van der Waals surface area contributed by atoms with E-state index in [2.05, 4.69) is 32.1 Å². The monoisotopic (exact) mass is 453 g/mol. The molecule has 1 fully saturated rings. The second kappa shape index (κ2) is 9.47. The molecule has 1 aliphatic heterocycles. The average Bonchev–Trinajstić information content (AvgIpc) is 3.41. The van der Waals surface area contributed by atoms with Crippen molar-refractivity contribution < 1.29 is 19.9 Å². The van der Waals surface area contributed by atoms with Gasteiger partial charge in [0, 0.05) is 18.1 Å². The van der Waals surface area contributed by atoms with Gasteiger partial charge in [-0.1, -0.05) is 11.8 Å². The van der Waals surface area contributed by atoms with Gasteiger partial charge in [-0.25, -0.2) is 15.0 Å². The lowest BCUT2D eigenvalue weighted by Gasteiger charge is -2.16. The normalized spacial score (nSPS) is 20.9. The third-order valence-corrected chi connectivity index (χ3v) is 5.43. The van der Waals surface area contributed by atoms with Crippen LogP contribution < -0.4 is 11.1 Å². The van der Waals surface area contributed by atoms with Crippen LogP contribution >= 0.6 is 0 Å². The molecule has 1 saturated heterocycles. The number of nitrogens with zero attached hydrogens (tertiary/aromatic N) is 5. The third kappa shape index (κ3) is 4.48. The first-order valence-corrected chi connectivity index (χ1v) is 10.3. The number of benzene rings is 1. The van der Waals surface area contributed by atoms with Gasteiger partial charge in [0.15, 0.2) is 17.0 Å².